The van der Waals surface area contributed by atoms with Gasteiger partial charge in [-0.3, -0.25) is 14.2 Å². The molecule has 1 aromatic rings. The zero-order valence-electron chi connectivity index (χ0n) is 17.1. The molecule has 0 fully saturated rings. The van der Waals surface area contributed by atoms with Gasteiger partial charge in [0.1, 0.15) is 5.60 Å². The van der Waals surface area contributed by atoms with Gasteiger partial charge in [-0.25, -0.2) is 0 Å². The Labute approximate surface area is 158 Å². The average Bonchev–Trinajstić information content (AvgIpc) is 2.48. The highest BCUT2D eigenvalue weighted by molar-refractivity contribution is 7.28. The lowest BCUT2D eigenvalue weighted by atomic mass is 9.88. The fourth-order valence-electron chi connectivity index (χ4n) is 3.19. The topological polar surface area (TPSA) is 60.4 Å². The Kier molecular flexibility index (Phi) is 7.70. The highest BCUT2D eigenvalue weighted by Gasteiger charge is 2.44. The maximum Gasteiger partial charge on any atom is 0.324 e. The summed E-state index contributed by atoms with van der Waals surface area (Å²) in [6.07, 6.45) is 1.79. The van der Waals surface area contributed by atoms with Gasteiger partial charge < -0.3 is 4.74 Å². The number of ether oxygens (including phenoxy) is 1. The minimum Gasteiger partial charge on any atom is -0.459 e. The Bertz CT molecular complexity index is 665. The molecule has 1 unspecified atom stereocenters. The van der Waals surface area contributed by atoms with E-state index in [1.54, 1.807) is 20.8 Å². The molecule has 0 amide bonds. The van der Waals surface area contributed by atoms with E-state index in [1.807, 2.05) is 39.8 Å². The van der Waals surface area contributed by atoms with Gasteiger partial charge in [-0.1, -0.05) is 37.5 Å². The molecular weight excluding hydrogens is 347 g/mol. The number of ketones is 1. The molecule has 0 aromatic heterocycles. The van der Waals surface area contributed by atoms with E-state index >= 15 is 0 Å². The summed E-state index contributed by atoms with van der Waals surface area (Å²) in [5, 5.41) is -1.33. The second-order valence-electron chi connectivity index (χ2n) is 8.10. The van der Waals surface area contributed by atoms with Crippen molar-refractivity contribution in [2.75, 3.05) is 0 Å². The van der Waals surface area contributed by atoms with Crippen LogP contribution in [-0.4, -0.2) is 22.5 Å². The van der Waals surface area contributed by atoms with Crippen molar-refractivity contribution >= 4 is 20.2 Å². The van der Waals surface area contributed by atoms with Gasteiger partial charge in [-0.15, -0.1) is 0 Å². The first-order valence-electron chi connectivity index (χ1n) is 9.15. The van der Waals surface area contributed by atoms with Crippen LogP contribution in [0.5, 0.6) is 0 Å². The lowest BCUT2D eigenvalue weighted by molar-refractivity contribution is -0.158. The highest BCUT2D eigenvalue weighted by Crippen LogP contribution is 2.37. The van der Waals surface area contributed by atoms with Crippen LogP contribution in [0.3, 0.4) is 0 Å². The Balaban J connectivity index is 3.26. The van der Waals surface area contributed by atoms with Crippen LogP contribution < -0.4 is 0 Å². The first kappa shape index (κ1) is 22.5. The quantitative estimate of drug-likeness (QED) is 0.328. The third-order valence-corrected chi connectivity index (χ3v) is 5.22. The second kappa shape index (κ2) is 8.90. The van der Waals surface area contributed by atoms with Crippen LogP contribution in [0.2, 0.25) is 0 Å². The summed E-state index contributed by atoms with van der Waals surface area (Å²) in [4.78, 5) is 25.9. The number of benzene rings is 1. The molecule has 0 saturated carbocycles. The fourth-order valence-corrected chi connectivity index (χ4v) is 3.77. The number of unbranched alkanes of at least 4 members (excludes halogenated alkanes) is 1. The van der Waals surface area contributed by atoms with Gasteiger partial charge in [0, 0.05) is 12.0 Å². The van der Waals surface area contributed by atoms with E-state index in [0.717, 1.165) is 23.1 Å². The smallest absolute Gasteiger partial charge is 0.324 e. The van der Waals surface area contributed by atoms with Crippen molar-refractivity contribution in [3.63, 3.8) is 0 Å². The first-order chi connectivity index (χ1) is 12.0. The van der Waals surface area contributed by atoms with Crippen LogP contribution in [0.15, 0.2) is 12.1 Å². The summed E-state index contributed by atoms with van der Waals surface area (Å²) in [7, 11) is -0.361. The van der Waals surface area contributed by atoms with E-state index in [2.05, 4.69) is 0 Å². The summed E-state index contributed by atoms with van der Waals surface area (Å²) in [6, 6.07) is 3.91. The van der Waals surface area contributed by atoms with Crippen molar-refractivity contribution in [3.8, 4) is 0 Å². The molecule has 26 heavy (non-hydrogen) atoms. The van der Waals surface area contributed by atoms with Gasteiger partial charge in [0.15, 0.2) is 19.4 Å². The van der Waals surface area contributed by atoms with Crippen molar-refractivity contribution in [2.24, 2.45) is 0 Å². The maximum atomic E-state index is 13.1. The van der Waals surface area contributed by atoms with E-state index in [1.165, 1.54) is 0 Å². The fraction of sp³-hybridized carbons (Fsp3) is 0.619. The Morgan fingerprint density at radius 3 is 2.04 bits per heavy atom. The van der Waals surface area contributed by atoms with Crippen molar-refractivity contribution < 1.29 is 18.9 Å². The van der Waals surface area contributed by atoms with Crippen molar-refractivity contribution in [1.29, 1.82) is 0 Å². The monoisotopic (exact) mass is 378 g/mol. The molecule has 1 atom stereocenters. The van der Waals surface area contributed by atoms with Crippen molar-refractivity contribution in [2.45, 2.75) is 84.9 Å². The maximum absolute atomic E-state index is 13.1. The minimum atomic E-state index is -1.33. The van der Waals surface area contributed by atoms with Gasteiger partial charge in [-0.2, -0.15) is 0 Å². The van der Waals surface area contributed by atoms with Crippen molar-refractivity contribution in [1.82, 2.24) is 0 Å². The first-order valence-corrected chi connectivity index (χ1v) is 9.96. The predicted octanol–water partition coefficient (Wildman–Crippen LogP) is 5.75. The average molecular weight is 378 g/mol. The molecule has 0 N–H and O–H groups in total. The summed E-state index contributed by atoms with van der Waals surface area (Å²) < 4.78 is 17.6. The Hall–Kier alpha value is -1.54. The lowest BCUT2D eigenvalue weighted by Crippen LogP contribution is -2.41. The minimum absolute atomic E-state index is 0.113. The van der Waals surface area contributed by atoms with Gasteiger partial charge in [0.25, 0.3) is 0 Å². The summed E-state index contributed by atoms with van der Waals surface area (Å²) in [6.45, 7) is 13.1. The number of rotatable bonds is 8. The third-order valence-electron chi connectivity index (χ3n) is 4.31. The number of carbonyl (C=O) groups excluding carboxylic acids is 2. The summed E-state index contributed by atoms with van der Waals surface area (Å²) in [5.41, 5.74) is 2.76. The largest absolute Gasteiger partial charge is 0.459 e. The zero-order valence-corrected chi connectivity index (χ0v) is 18.0. The van der Waals surface area contributed by atoms with E-state index in [-0.39, 0.29) is 20.7 Å². The Morgan fingerprint density at radius 1 is 1.08 bits per heavy atom. The normalized spacial score (nSPS) is 14.1. The van der Waals surface area contributed by atoms with E-state index in [0.29, 0.717) is 18.4 Å². The predicted molar refractivity (Wildman–Crippen MR) is 105 cm³/mol. The molecule has 1 aromatic carbocycles. The van der Waals surface area contributed by atoms with Gasteiger partial charge >= 0.3 is 5.97 Å². The number of esters is 1. The molecule has 0 bridgehead atoms. The van der Waals surface area contributed by atoms with Crippen LogP contribution in [0.25, 0.3) is 0 Å². The van der Waals surface area contributed by atoms with Crippen LogP contribution in [0.1, 0.15) is 80.4 Å². The van der Waals surface area contributed by atoms with Gasteiger partial charge in [0.05, 0.1) is 0 Å². The molecule has 4 nitrogen and oxygen atoms in total. The van der Waals surface area contributed by atoms with Gasteiger partial charge in [-0.05, 0) is 59.1 Å². The molecular formula is C21H31O4P. The molecule has 0 aliphatic carbocycles. The van der Waals surface area contributed by atoms with Gasteiger partial charge in [0.2, 0.25) is 0 Å². The van der Waals surface area contributed by atoms with E-state index in [9.17, 15) is 14.2 Å². The van der Waals surface area contributed by atoms with Crippen molar-refractivity contribution in [3.05, 3.63) is 34.4 Å². The molecule has 0 saturated heterocycles. The van der Waals surface area contributed by atoms with Crippen LogP contribution in [0.4, 0.5) is 0 Å². The van der Waals surface area contributed by atoms with Crippen LogP contribution in [-0.2, 0) is 14.1 Å². The second-order valence-corrected chi connectivity index (χ2v) is 9.14. The van der Waals surface area contributed by atoms with Crippen LogP contribution in [0, 0.1) is 20.8 Å². The summed E-state index contributed by atoms with van der Waals surface area (Å²) >= 11 is 0. The van der Waals surface area contributed by atoms with E-state index in [4.69, 9.17) is 4.74 Å². The number of carbonyl (C=O) groups is 2. The molecule has 0 aliphatic heterocycles. The van der Waals surface area contributed by atoms with E-state index < -0.39 is 16.7 Å². The number of Topliss-reactive ketones (excluding diaryl/α,β-unsaturated/α-hetero) is 1. The molecule has 144 valence electrons. The zero-order chi connectivity index (χ0) is 20.1. The SMILES string of the molecule is CCCCC(CC(=O)c1c(C)cc(C)cc1C)(P=O)C(=O)OC(C)(C)C. The lowest BCUT2D eigenvalue weighted by Gasteiger charge is -2.29. The summed E-state index contributed by atoms with van der Waals surface area (Å²) in [5.74, 6) is -0.726. The third kappa shape index (κ3) is 5.74. The highest BCUT2D eigenvalue weighted by atomic mass is 31.1. The standard InChI is InChI=1S/C21H31O4P/c1-8-9-10-21(26-24,19(23)25-20(5,6)7)13-17(22)18-15(3)11-14(2)12-16(18)4/h11-12H,8-10,13H2,1-7H3. The molecule has 0 spiro atoms. The Morgan fingerprint density at radius 2 is 1.62 bits per heavy atom. The molecule has 0 aliphatic rings. The number of aryl methyl sites for hydroxylation is 3. The number of hydrogen-bond donors (Lipinski definition) is 0. The molecule has 5 heteroatoms. The van der Waals surface area contributed by atoms with Crippen LogP contribution >= 0.6 is 8.46 Å². The molecule has 1 rings (SSSR count). The number of hydrogen-bond acceptors (Lipinski definition) is 4. The molecule has 0 heterocycles. The molecule has 0 radical (unpaired) electrons.